The number of hydrogen-bond donors (Lipinski definition) is 1. The van der Waals surface area contributed by atoms with Gasteiger partial charge in [-0.1, -0.05) is 0 Å². The van der Waals surface area contributed by atoms with Gasteiger partial charge in [-0.05, 0) is 22.4 Å². The highest BCUT2D eigenvalue weighted by Crippen LogP contribution is 2.38. The van der Waals surface area contributed by atoms with Crippen molar-refractivity contribution >= 4 is 49.9 Å². The topological polar surface area (TPSA) is 80.8 Å². The Kier molecular flexibility index (Phi) is 4.82. The molecule has 0 saturated carbocycles. The molecule has 3 heterocycles. The number of rotatable bonds is 4. The smallest absolute Gasteiger partial charge is 0.230 e. The molecule has 1 aromatic carbocycles. The molecule has 26 heavy (non-hydrogen) atoms. The Bertz CT molecular complexity index is 870. The maximum atomic E-state index is 12.4. The number of nitrogens with zero attached hydrogens (tertiary/aromatic N) is 2. The first-order valence-corrected chi connectivity index (χ1v) is 9.91. The van der Waals surface area contributed by atoms with E-state index >= 15 is 0 Å². The van der Waals surface area contributed by atoms with Crippen LogP contribution in [-0.4, -0.2) is 36.6 Å². The number of ether oxygens (including phenoxy) is 2. The lowest BCUT2D eigenvalue weighted by Crippen LogP contribution is -2.23. The van der Waals surface area contributed by atoms with Gasteiger partial charge in [-0.15, -0.1) is 11.3 Å². The minimum Gasteiger partial charge on any atom is -0.486 e. The fraction of sp³-hybridized carbons (Fsp3) is 0.353. The highest BCUT2D eigenvalue weighted by atomic mass is 79.9. The summed E-state index contributed by atoms with van der Waals surface area (Å²) in [5, 5.41) is 5.34. The van der Waals surface area contributed by atoms with E-state index in [0.29, 0.717) is 54.2 Å². The van der Waals surface area contributed by atoms with Gasteiger partial charge >= 0.3 is 0 Å². The molecule has 0 unspecified atom stereocenters. The quantitative estimate of drug-likeness (QED) is 0.794. The molecule has 4 rings (SSSR count). The molecule has 1 N–H and O–H groups in total. The number of carbonyl (C=O) groups excluding carboxylic acids is 2. The lowest BCUT2D eigenvalue weighted by Gasteiger charge is -2.20. The minimum absolute atomic E-state index is 0.0931. The van der Waals surface area contributed by atoms with Gasteiger partial charge in [-0.25, -0.2) is 4.98 Å². The Hall–Kier alpha value is -2.13. The van der Waals surface area contributed by atoms with E-state index in [1.165, 1.54) is 11.3 Å². The van der Waals surface area contributed by atoms with Gasteiger partial charge in [0.2, 0.25) is 11.8 Å². The second-order valence-electron chi connectivity index (χ2n) is 5.97. The number of aromatic nitrogens is 1. The van der Waals surface area contributed by atoms with Crippen molar-refractivity contribution in [1.82, 2.24) is 4.98 Å². The first kappa shape index (κ1) is 17.3. The van der Waals surface area contributed by atoms with Crippen molar-refractivity contribution in [1.29, 1.82) is 0 Å². The van der Waals surface area contributed by atoms with Crippen LogP contribution >= 0.6 is 27.3 Å². The van der Waals surface area contributed by atoms with E-state index < -0.39 is 0 Å². The highest BCUT2D eigenvalue weighted by molar-refractivity contribution is 9.10. The summed E-state index contributed by atoms with van der Waals surface area (Å²) in [6.07, 6.45) is 1.55. The predicted molar refractivity (Wildman–Crippen MR) is 101 cm³/mol. The number of amides is 2. The lowest BCUT2D eigenvalue weighted by molar-refractivity contribution is -0.117. The summed E-state index contributed by atoms with van der Waals surface area (Å²) in [6, 6.07) is 3.52. The van der Waals surface area contributed by atoms with Crippen LogP contribution < -0.4 is 19.7 Å². The summed E-state index contributed by atoms with van der Waals surface area (Å²) in [7, 11) is 0. The van der Waals surface area contributed by atoms with Crippen molar-refractivity contribution in [2.24, 2.45) is 0 Å². The molecule has 0 radical (unpaired) electrons. The van der Waals surface area contributed by atoms with Gasteiger partial charge in [-0.3, -0.25) is 14.5 Å². The average Bonchev–Trinajstić information content (AvgIpc) is 3.24. The molecule has 136 valence electrons. The largest absolute Gasteiger partial charge is 0.486 e. The second kappa shape index (κ2) is 7.24. The maximum Gasteiger partial charge on any atom is 0.230 e. The number of hydrogen-bond acceptors (Lipinski definition) is 6. The maximum absolute atomic E-state index is 12.4. The van der Waals surface area contributed by atoms with E-state index in [9.17, 15) is 9.59 Å². The first-order chi connectivity index (χ1) is 12.6. The van der Waals surface area contributed by atoms with E-state index in [2.05, 4.69) is 26.2 Å². The van der Waals surface area contributed by atoms with E-state index in [0.717, 1.165) is 10.9 Å². The summed E-state index contributed by atoms with van der Waals surface area (Å²) in [5.74, 6) is 1.17. The molecule has 1 aromatic heterocycles. The van der Waals surface area contributed by atoms with Crippen molar-refractivity contribution < 1.29 is 19.1 Å². The zero-order valence-corrected chi connectivity index (χ0v) is 16.2. The zero-order valence-electron chi connectivity index (χ0n) is 13.8. The van der Waals surface area contributed by atoms with Crippen LogP contribution in [0.2, 0.25) is 0 Å². The van der Waals surface area contributed by atoms with Crippen LogP contribution in [0.15, 0.2) is 22.0 Å². The third-order valence-corrected chi connectivity index (χ3v) is 5.66. The van der Waals surface area contributed by atoms with Crippen molar-refractivity contribution in [3.8, 4) is 11.5 Å². The first-order valence-electron chi connectivity index (χ1n) is 8.24. The molecule has 0 aliphatic carbocycles. The number of fused-ring (bicyclic) bond motifs is 1. The van der Waals surface area contributed by atoms with Crippen molar-refractivity contribution in [3.63, 3.8) is 0 Å². The van der Waals surface area contributed by atoms with Gasteiger partial charge in [0.05, 0.1) is 17.8 Å². The Morgan fingerprint density at radius 3 is 2.81 bits per heavy atom. The van der Waals surface area contributed by atoms with E-state index in [1.54, 1.807) is 17.0 Å². The Morgan fingerprint density at radius 1 is 1.31 bits per heavy atom. The third kappa shape index (κ3) is 3.54. The van der Waals surface area contributed by atoms with Crippen LogP contribution in [0, 0.1) is 0 Å². The van der Waals surface area contributed by atoms with E-state index in [1.807, 2.05) is 5.38 Å². The molecular formula is C17H16BrN3O4S. The molecule has 9 heteroatoms. The monoisotopic (exact) mass is 437 g/mol. The Morgan fingerprint density at radius 2 is 2.08 bits per heavy atom. The van der Waals surface area contributed by atoms with Crippen LogP contribution in [0.25, 0.3) is 0 Å². The molecule has 0 spiro atoms. The van der Waals surface area contributed by atoms with Gasteiger partial charge < -0.3 is 14.8 Å². The summed E-state index contributed by atoms with van der Waals surface area (Å²) in [5.41, 5.74) is 1.26. The Labute approximate surface area is 162 Å². The molecule has 2 aromatic rings. The van der Waals surface area contributed by atoms with Crippen LogP contribution in [0.5, 0.6) is 11.5 Å². The molecule has 2 aliphatic heterocycles. The second-order valence-corrected chi connectivity index (χ2v) is 7.66. The standard InChI is InChI=1S/C17H16BrN3O4S/c18-11-7-13-14(25-5-4-24-13)8-12(11)20-15(22)6-10-9-26-17(19-10)21-3-1-2-16(21)23/h7-9H,1-6H2,(H,20,22). The molecular weight excluding hydrogens is 422 g/mol. The summed E-state index contributed by atoms with van der Waals surface area (Å²) in [4.78, 5) is 30.3. The summed E-state index contributed by atoms with van der Waals surface area (Å²) in [6.45, 7) is 1.69. The zero-order chi connectivity index (χ0) is 18.1. The fourth-order valence-electron chi connectivity index (χ4n) is 2.87. The van der Waals surface area contributed by atoms with Gasteiger partial charge in [-0.2, -0.15) is 0 Å². The SMILES string of the molecule is O=C(Cc1csc(N2CCCC2=O)n1)Nc1cc2c(cc1Br)OCCO2. The predicted octanol–water partition coefficient (Wildman–Crippen LogP) is 2.98. The minimum atomic E-state index is -0.188. The number of halogens is 1. The van der Waals surface area contributed by atoms with E-state index in [-0.39, 0.29) is 18.2 Å². The molecule has 1 saturated heterocycles. The van der Waals surface area contributed by atoms with Gasteiger partial charge in [0.25, 0.3) is 0 Å². The normalized spacial score (nSPS) is 16.0. The van der Waals surface area contributed by atoms with Gasteiger partial charge in [0.15, 0.2) is 16.6 Å². The highest BCUT2D eigenvalue weighted by Gasteiger charge is 2.24. The van der Waals surface area contributed by atoms with Crippen molar-refractivity contribution in [2.75, 3.05) is 30.0 Å². The molecule has 7 nitrogen and oxygen atoms in total. The van der Waals surface area contributed by atoms with Gasteiger partial charge in [0.1, 0.15) is 13.2 Å². The van der Waals surface area contributed by atoms with Crippen molar-refractivity contribution in [2.45, 2.75) is 19.3 Å². The number of benzene rings is 1. The molecule has 0 bridgehead atoms. The summed E-state index contributed by atoms with van der Waals surface area (Å²) < 4.78 is 11.8. The molecule has 1 fully saturated rings. The summed E-state index contributed by atoms with van der Waals surface area (Å²) >= 11 is 4.83. The third-order valence-electron chi connectivity index (χ3n) is 4.09. The number of carbonyl (C=O) groups is 2. The molecule has 2 amide bonds. The van der Waals surface area contributed by atoms with Crippen LogP contribution in [0.1, 0.15) is 18.5 Å². The fourth-order valence-corrected chi connectivity index (χ4v) is 4.16. The molecule has 2 aliphatic rings. The van der Waals surface area contributed by atoms with E-state index in [4.69, 9.17) is 9.47 Å². The van der Waals surface area contributed by atoms with Crippen LogP contribution in [-0.2, 0) is 16.0 Å². The number of anilines is 2. The van der Waals surface area contributed by atoms with Crippen molar-refractivity contribution in [3.05, 3.63) is 27.7 Å². The van der Waals surface area contributed by atoms with Gasteiger partial charge in [0, 0.05) is 35.0 Å². The average molecular weight is 438 g/mol. The lowest BCUT2D eigenvalue weighted by atomic mass is 10.2. The number of thiazole rings is 1. The van der Waals surface area contributed by atoms with Crippen LogP contribution in [0.4, 0.5) is 10.8 Å². The Balaban J connectivity index is 1.43. The molecule has 0 atom stereocenters. The number of nitrogens with one attached hydrogen (secondary N) is 1. The van der Waals surface area contributed by atoms with Crippen LogP contribution in [0.3, 0.4) is 0 Å².